The predicted molar refractivity (Wildman–Crippen MR) is 64.6 cm³/mol. The molecule has 3 rings (SSSR count). The number of aromatic nitrogens is 4. The Balaban J connectivity index is 1.80. The molecule has 0 unspecified atom stereocenters. The van der Waals surface area contributed by atoms with Crippen LogP contribution in [0.2, 0.25) is 0 Å². The number of aryl methyl sites for hydroxylation is 2. The second kappa shape index (κ2) is 4.33. The van der Waals surface area contributed by atoms with Crippen LogP contribution in [0, 0.1) is 6.92 Å². The van der Waals surface area contributed by atoms with Gasteiger partial charge < -0.3 is 9.88 Å². The van der Waals surface area contributed by atoms with Crippen LogP contribution in [0.3, 0.4) is 0 Å². The number of nitrogens with zero attached hydrogens (tertiary/aromatic N) is 4. The third-order valence-electron chi connectivity index (χ3n) is 3.29. The summed E-state index contributed by atoms with van der Waals surface area (Å²) in [5, 5.41) is 7.59. The van der Waals surface area contributed by atoms with Crippen LogP contribution in [0.1, 0.15) is 17.2 Å². The molecule has 0 saturated heterocycles. The molecule has 0 atom stereocenters. The molecule has 0 saturated carbocycles. The van der Waals surface area contributed by atoms with E-state index in [-0.39, 0.29) is 0 Å². The van der Waals surface area contributed by atoms with Crippen LogP contribution in [0.15, 0.2) is 18.5 Å². The van der Waals surface area contributed by atoms with Gasteiger partial charge in [0.25, 0.3) is 0 Å². The molecule has 2 aromatic rings. The van der Waals surface area contributed by atoms with E-state index in [0.29, 0.717) is 0 Å². The highest BCUT2D eigenvalue weighted by Gasteiger charge is 2.17. The average Bonchev–Trinajstić information content (AvgIpc) is 2.93. The van der Waals surface area contributed by atoms with Crippen LogP contribution >= 0.6 is 0 Å². The highest BCUT2D eigenvalue weighted by Crippen LogP contribution is 2.15. The summed E-state index contributed by atoms with van der Waals surface area (Å²) < 4.78 is 4.30. The molecule has 0 aromatic carbocycles. The SMILES string of the molecule is Cc1nc2c(n1CCn1cccn1)CCNC2. The zero-order valence-electron chi connectivity index (χ0n) is 10.1. The lowest BCUT2D eigenvalue weighted by Crippen LogP contribution is -2.25. The maximum Gasteiger partial charge on any atom is 0.106 e. The first-order valence-corrected chi connectivity index (χ1v) is 6.07. The van der Waals surface area contributed by atoms with Gasteiger partial charge in [0.2, 0.25) is 0 Å². The molecule has 0 fully saturated rings. The highest BCUT2D eigenvalue weighted by atomic mass is 15.3. The minimum atomic E-state index is 0.907. The molecule has 1 N–H and O–H groups in total. The number of rotatable bonds is 3. The number of hydrogen-bond acceptors (Lipinski definition) is 3. The number of imidazole rings is 1. The molecule has 17 heavy (non-hydrogen) atoms. The molecule has 5 nitrogen and oxygen atoms in total. The molecule has 5 heteroatoms. The van der Waals surface area contributed by atoms with Gasteiger partial charge in [0.05, 0.1) is 12.2 Å². The summed E-state index contributed by atoms with van der Waals surface area (Å²) in [6.07, 6.45) is 4.90. The van der Waals surface area contributed by atoms with E-state index in [1.54, 1.807) is 0 Å². The van der Waals surface area contributed by atoms with Gasteiger partial charge in [-0.1, -0.05) is 0 Å². The van der Waals surface area contributed by atoms with Crippen molar-refractivity contribution in [2.45, 2.75) is 33.0 Å². The van der Waals surface area contributed by atoms with Gasteiger partial charge in [0, 0.05) is 44.1 Å². The molecule has 1 aliphatic rings. The third-order valence-corrected chi connectivity index (χ3v) is 3.29. The lowest BCUT2D eigenvalue weighted by molar-refractivity contribution is 0.505. The van der Waals surface area contributed by atoms with E-state index in [2.05, 4.69) is 26.9 Å². The fraction of sp³-hybridized carbons (Fsp3) is 0.500. The van der Waals surface area contributed by atoms with Crippen LogP contribution in [0.25, 0.3) is 0 Å². The topological polar surface area (TPSA) is 47.7 Å². The van der Waals surface area contributed by atoms with Crippen LogP contribution < -0.4 is 5.32 Å². The summed E-state index contributed by atoms with van der Waals surface area (Å²) in [5.74, 6) is 1.12. The molecule has 0 aliphatic carbocycles. The minimum Gasteiger partial charge on any atom is -0.330 e. The second-order valence-corrected chi connectivity index (χ2v) is 4.40. The first-order chi connectivity index (χ1) is 8.34. The Hall–Kier alpha value is -1.62. The lowest BCUT2D eigenvalue weighted by atomic mass is 10.2. The van der Waals surface area contributed by atoms with Gasteiger partial charge in [-0.25, -0.2) is 4.98 Å². The maximum absolute atomic E-state index is 4.62. The monoisotopic (exact) mass is 231 g/mol. The smallest absolute Gasteiger partial charge is 0.106 e. The van der Waals surface area contributed by atoms with Crippen molar-refractivity contribution in [2.75, 3.05) is 6.54 Å². The van der Waals surface area contributed by atoms with Gasteiger partial charge in [-0.15, -0.1) is 0 Å². The predicted octanol–water partition coefficient (Wildman–Crippen LogP) is 0.734. The van der Waals surface area contributed by atoms with Crippen molar-refractivity contribution in [2.24, 2.45) is 0 Å². The van der Waals surface area contributed by atoms with Gasteiger partial charge in [-0.3, -0.25) is 4.68 Å². The van der Waals surface area contributed by atoms with Crippen molar-refractivity contribution in [1.29, 1.82) is 0 Å². The van der Waals surface area contributed by atoms with Gasteiger partial charge in [-0.2, -0.15) is 5.10 Å². The summed E-state index contributed by atoms with van der Waals surface area (Å²) in [6.45, 7) is 5.91. The molecular formula is C12H17N5. The van der Waals surface area contributed by atoms with E-state index in [1.165, 1.54) is 11.4 Å². The van der Waals surface area contributed by atoms with E-state index in [4.69, 9.17) is 0 Å². The summed E-state index contributed by atoms with van der Waals surface area (Å²) in [6, 6.07) is 1.96. The Morgan fingerprint density at radius 2 is 2.35 bits per heavy atom. The van der Waals surface area contributed by atoms with Crippen molar-refractivity contribution in [3.05, 3.63) is 35.7 Å². The van der Waals surface area contributed by atoms with Gasteiger partial charge in [0.15, 0.2) is 0 Å². The highest BCUT2D eigenvalue weighted by molar-refractivity contribution is 5.19. The number of fused-ring (bicyclic) bond motifs is 1. The molecular weight excluding hydrogens is 214 g/mol. The van der Waals surface area contributed by atoms with Crippen LogP contribution in [0.4, 0.5) is 0 Å². The summed E-state index contributed by atoms with van der Waals surface area (Å²) in [4.78, 5) is 4.62. The molecule has 0 spiro atoms. The van der Waals surface area contributed by atoms with Crippen LogP contribution in [-0.2, 0) is 26.1 Å². The summed E-state index contributed by atoms with van der Waals surface area (Å²) >= 11 is 0. The van der Waals surface area contributed by atoms with E-state index in [1.807, 2.05) is 23.1 Å². The second-order valence-electron chi connectivity index (χ2n) is 4.40. The average molecular weight is 231 g/mol. The van der Waals surface area contributed by atoms with E-state index < -0.39 is 0 Å². The number of nitrogens with one attached hydrogen (secondary N) is 1. The first-order valence-electron chi connectivity index (χ1n) is 6.07. The quantitative estimate of drug-likeness (QED) is 0.847. The molecule has 0 bridgehead atoms. The van der Waals surface area contributed by atoms with Crippen molar-refractivity contribution >= 4 is 0 Å². The molecule has 2 aromatic heterocycles. The number of hydrogen-bond donors (Lipinski definition) is 1. The normalized spacial score (nSPS) is 14.9. The summed E-state index contributed by atoms with van der Waals surface area (Å²) in [5.41, 5.74) is 2.61. The van der Waals surface area contributed by atoms with Crippen molar-refractivity contribution in [3.63, 3.8) is 0 Å². The zero-order valence-corrected chi connectivity index (χ0v) is 10.1. The van der Waals surface area contributed by atoms with E-state index in [9.17, 15) is 0 Å². The molecule has 90 valence electrons. The standard InChI is InChI=1S/C12H17N5/c1-10-15-11-9-13-5-3-12(11)17(10)8-7-16-6-2-4-14-16/h2,4,6,13H,3,5,7-9H2,1H3. The van der Waals surface area contributed by atoms with Crippen molar-refractivity contribution in [1.82, 2.24) is 24.6 Å². The molecule has 1 aliphatic heterocycles. The van der Waals surface area contributed by atoms with Crippen LogP contribution in [-0.4, -0.2) is 25.9 Å². The third kappa shape index (κ3) is 1.98. The fourth-order valence-corrected chi connectivity index (χ4v) is 2.44. The molecule has 0 radical (unpaired) electrons. The van der Waals surface area contributed by atoms with Gasteiger partial charge in [0.1, 0.15) is 5.82 Å². The van der Waals surface area contributed by atoms with Crippen molar-refractivity contribution < 1.29 is 0 Å². The molecule has 0 amide bonds. The van der Waals surface area contributed by atoms with Gasteiger partial charge >= 0.3 is 0 Å². The Morgan fingerprint density at radius 1 is 1.41 bits per heavy atom. The Morgan fingerprint density at radius 3 is 3.18 bits per heavy atom. The lowest BCUT2D eigenvalue weighted by Gasteiger charge is -2.15. The Kier molecular flexibility index (Phi) is 2.68. The Labute approximate surface area is 100 Å². The van der Waals surface area contributed by atoms with Crippen molar-refractivity contribution in [3.8, 4) is 0 Å². The largest absolute Gasteiger partial charge is 0.330 e. The van der Waals surface area contributed by atoms with E-state index in [0.717, 1.165) is 38.4 Å². The van der Waals surface area contributed by atoms with E-state index >= 15 is 0 Å². The van der Waals surface area contributed by atoms with Gasteiger partial charge in [-0.05, 0) is 13.0 Å². The Bertz CT molecular complexity index is 497. The minimum absolute atomic E-state index is 0.907. The maximum atomic E-state index is 4.62. The zero-order chi connectivity index (χ0) is 11.7. The summed E-state index contributed by atoms with van der Waals surface area (Å²) in [7, 11) is 0. The fourth-order valence-electron chi connectivity index (χ4n) is 2.44. The first kappa shape index (κ1) is 10.5. The van der Waals surface area contributed by atoms with Crippen LogP contribution in [0.5, 0.6) is 0 Å². The molecule has 3 heterocycles.